The lowest BCUT2D eigenvalue weighted by Crippen LogP contribution is -2.17. The van der Waals surface area contributed by atoms with Crippen molar-refractivity contribution in [3.05, 3.63) is 50.8 Å². The fourth-order valence-electron chi connectivity index (χ4n) is 4.23. The molecule has 1 atom stereocenters. The number of hydrogen-bond acceptors (Lipinski definition) is 5. The Morgan fingerprint density at radius 3 is 2.59 bits per heavy atom. The van der Waals surface area contributed by atoms with Gasteiger partial charge in [-0.1, -0.05) is 92.1 Å². The Bertz CT molecular complexity index is 971. The quantitative estimate of drug-likeness (QED) is 0.101. The third-order valence-corrected chi connectivity index (χ3v) is 7.98. The largest absolute Gasteiger partial charge is 0.461 e. The molecule has 34 heavy (non-hydrogen) atoms. The normalized spacial score (nSPS) is 14.2. The van der Waals surface area contributed by atoms with Crippen molar-refractivity contribution in [2.75, 3.05) is 6.61 Å². The average molecular weight is 525 g/mol. The lowest BCUT2D eigenvalue weighted by atomic mass is 9.88. The number of ether oxygens (including phenoxy) is 1. The van der Waals surface area contributed by atoms with E-state index in [2.05, 4.69) is 12.1 Å². The lowest BCUT2D eigenvalue weighted by molar-refractivity contribution is 0.0484. The zero-order chi connectivity index (χ0) is 24.5. The van der Waals surface area contributed by atoms with E-state index in [0.717, 1.165) is 60.3 Å². The van der Waals surface area contributed by atoms with Gasteiger partial charge in [-0.15, -0.1) is 0 Å². The number of hydrogen-bond donors (Lipinski definition) is 0. The highest BCUT2D eigenvalue weighted by molar-refractivity contribution is 7.80. The van der Waals surface area contributed by atoms with Crippen molar-refractivity contribution >= 4 is 46.3 Å². The van der Waals surface area contributed by atoms with Gasteiger partial charge in [-0.3, -0.25) is 0 Å². The molecule has 0 radical (unpaired) electrons. The van der Waals surface area contributed by atoms with E-state index in [4.69, 9.17) is 44.7 Å². The van der Waals surface area contributed by atoms with Crippen molar-refractivity contribution in [1.29, 1.82) is 0 Å². The van der Waals surface area contributed by atoms with Crippen LogP contribution in [0.25, 0.3) is 0 Å². The third kappa shape index (κ3) is 7.79. The third-order valence-electron chi connectivity index (χ3n) is 6.53. The monoisotopic (exact) mass is 523 g/mol. The minimum absolute atomic E-state index is 0.226. The summed E-state index contributed by atoms with van der Waals surface area (Å²) in [6.07, 6.45) is 12.3. The molecule has 2 aromatic rings. The summed E-state index contributed by atoms with van der Waals surface area (Å²) in [5.41, 5.74) is 2.18. The van der Waals surface area contributed by atoms with Gasteiger partial charge in [-0.25, -0.2) is 4.79 Å². The van der Waals surface area contributed by atoms with Gasteiger partial charge in [0.2, 0.25) is 0 Å². The number of esters is 1. The highest BCUT2D eigenvalue weighted by Crippen LogP contribution is 2.40. The van der Waals surface area contributed by atoms with Crippen LogP contribution in [0.15, 0.2) is 22.7 Å². The van der Waals surface area contributed by atoms with Crippen molar-refractivity contribution in [2.24, 2.45) is 5.92 Å². The van der Waals surface area contributed by atoms with Gasteiger partial charge in [0.15, 0.2) is 5.69 Å². The maximum Gasteiger partial charge on any atom is 0.360 e. The van der Waals surface area contributed by atoms with Crippen molar-refractivity contribution in [3.63, 3.8) is 0 Å². The number of carbonyl (C=O) groups is 1. The van der Waals surface area contributed by atoms with Gasteiger partial charge in [-0.05, 0) is 62.1 Å². The van der Waals surface area contributed by atoms with E-state index in [9.17, 15) is 4.79 Å². The molecule has 1 aliphatic carbocycles. The summed E-state index contributed by atoms with van der Waals surface area (Å²) >= 11 is 18.5. The molecule has 1 saturated carbocycles. The molecule has 1 fully saturated rings. The first-order chi connectivity index (χ1) is 16.4. The summed E-state index contributed by atoms with van der Waals surface area (Å²) in [7, 11) is 0. The zero-order valence-corrected chi connectivity index (χ0v) is 22.5. The highest BCUT2D eigenvalue weighted by Gasteiger charge is 2.29. The molecule has 0 aliphatic heterocycles. The molecule has 7 heteroatoms. The first-order valence-electron chi connectivity index (χ1n) is 12.5. The SMILES string of the molecule is CCCCCCCCC(CCCOC(=O)c1cc(C2CC2)on1)C(=S)c1ccc(Cl)c(Cl)c1C. The molecule has 1 aromatic carbocycles. The van der Waals surface area contributed by atoms with Crippen LogP contribution in [0.5, 0.6) is 0 Å². The Hall–Kier alpha value is -1.43. The predicted molar refractivity (Wildman–Crippen MR) is 142 cm³/mol. The van der Waals surface area contributed by atoms with Crippen LogP contribution >= 0.6 is 35.4 Å². The van der Waals surface area contributed by atoms with Crippen molar-refractivity contribution in [2.45, 2.75) is 90.4 Å². The fourth-order valence-corrected chi connectivity index (χ4v) is 5.06. The van der Waals surface area contributed by atoms with Gasteiger partial charge in [0.1, 0.15) is 5.76 Å². The van der Waals surface area contributed by atoms with E-state index in [1.54, 1.807) is 6.07 Å². The van der Waals surface area contributed by atoms with Crippen LogP contribution in [0.3, 0.4) is 0 Å². The van der Waals surface area contributed by atoms with Crippen LogP contribution in [0.1, 0.15) is 111 Å². The second kappa shape index (κ2) is 13.6. The molecule has 0 N–H and O–H groups in total. The van der Waals surface area contributed by atoms with Crippen LogP contribution in [0.4, 0.5) is 0 Å². The summed E-state index contributed by atoms with van der Waals surface area (Å²) in [5.74, 6) is 1.01. The first-order valence-corrected chi connectivity index (χ1v) is 13.7. The second-order valence-corrected chi connectivity index (χ2v) is 10.5. The van der Waals surface area contributed by atoms with Gasteiger partial charge >= 0.3 is 5.97 Å². The van der Waals surface area contributed by atoms with Crippen LogP contribution < -0.4 is 0 Å². The fraction of sp³-hybridized carbons (Fsp3) is 0.593. The molecular weight excluding hydrogens is 489 g/mol. The molecule has 1 heterocycles. The number of halogens is 2. The molecule has 1 aliphatic rings. The van der Waals surface area contributed by atoms with E-state index in [1.807, 2.05) is 19.1 Å². The molecule has 1 aromatic heterocycles. The van der Waals surface area contributed by atoms with Crippen LogP contribution in [-0.4, -0.2) is 22.6 Å². The summed E-state index contributed by atoms with van der Waals surface area (Å²) in [4.78, 5) is 13.2. The minimum Gasteiger partial charge on any atom is -0.461 e. The molecule has 0 saturated heterocycles. The Morgan fingerprint density at radius 2 is 1.85 bits per heavy atom. The predicted octanol–water partition coefficient (Wildman–Crippen LogP) is 8.89. The maximum atomic E-state index is 12.3. The molecule has 1 unspecified atom stereocenters. The number of carbonyl (C=O) groups excluding carboxylic acids is 1. The summed E-state index contributed by atoms with van der Waals surface area (Å²) < 4.78 is 10.7. The van der Waals surface area contributed by atoms with E-state index < -0.39 is 5.97 Å². The zero-order valence-electron chi connectivity index (χ0n) is 20.2. The Labute approximate surface area is 218 Å². The number of thiocarbonyl (C=S) groups is 1. The second-order valence-electron chi connectivity index (χ2n) is 9.32. The standard InChI is InChI=1S/C27H35Cl2NO3S/c1-3-4-5-6-7-8-10-20(26(34)21-14-15-22(28)25(29)18(21)2)11-9-16-32-27(31)23-17-24(33-30-23)19-12-13-19/h14-15,17,19-20H,3-13,16H2,1-2H3. The van der Waals surface area contributed by atoms with E-state index >= 15 is 0 Å². The average Bonchev–Trinajstić information content (AvgIpc) is 3.56. The molecular formula is C27H35Cl2NO3S. The lowest BCUT2D eigenvalue weighted by Gasteiger charge is -2.20. The number of nitrogens with zero attached hydrogens (tertiary/aromatic N) is 1. The molecule has 186 valence electrons. The van der Waals surface area contributed by atoms with Crippen LogP contribution in [-0.2, 0) is 4.74 Å². The summed E-state index contributed by atoms with van der Waals surface area (Å²) in [6.45, 7) is 4.53. The number of unbranched alkanes of at least 4 members (excludes halogenated alkanes) is 5. The van der Waals surface area contributed by atoms with E-state index in [0.29, 0.717) is 22.6 Å². The smallest absolute Gasteiger partial charge is 0.360 e. The molecule has 0 amide bonds. The number of rotatable bonds is 15. The maximum absolute atomic E-state index is 12.3. The van der Waals surface area contributed by atoms with Gasteiger partial charge in [-0.2, -0.15) is 0 Å². The number of aromatic nitrogens is 1. The topological polar surface area (TPSA) is 52.3 Å². The Morgan fingerprint density at radius 1 is 1.15 bits per heavy atom. The van der Waals surface area contributed by atoms with Crippen molar-refractivity contribution in [3.8, 4) is 0 Å². The Balaban J connectivity index is 1.53. The van der Waals surface area contributed by atoms with E-state index in [-0.39, 0.29) is 11.6 Å². The highest BCUT2D eigenvalue weighted by atomic mass is 35.5. The molecule has 0 spiro atoms. The van der Waals surface area contributed by atoms with Gasteiger partial charge < -0.3 is 9.26 Å². The minimum atomic E-state index is -0.425. The molecule has 4 nitrogen and oxygen atoms in total. The van der Waals surface area contributed by atoms with Crippen molar-refractivity contribution in [1.82, 2.24) is 5.16 Å². The van der Waals surface area contributed by atoms with Gasteiger partial charge in [0.25, 0.3) is 0 Å². The molecule has 0 bridgehead atoms. The van der Waals surface area contributed by atoms with Crippen LogP contribution in [0, 0.1) is 12.8 Å². The van der Waals surface area contributed by atoms with Crippen molar-refractivity contribution < 1.29 is 14.1 Å². The first kappa shape index (κ1) is 27.2. The summed E-state index contributed by atoms with van der Waals surface area (Å²) in [6, 6.07) is 5.50. The van der Waals surface area contributed by atoms with E-state index in [1.165, 1.54) is 32.1 Å². The molecule has 3 rings (SSSR count). The summed E-state index contributed by atoms with van der Waals surface area (Å²) in [5, 5.41) is 4.97. The number of benzene rings is 1. The van der Waals surface area contributed by atoms with Gasteiger partial charge in [0.05, 0.1) is 16.7 Å². The van der Waals surface area contributed by atoms with Gasteiger partial charge in [0, 0.05) is 16.8 Å². The Kier molecular flexibility index (Phi) is 10.9. The van der Waals surface area contributed by atoms with Crippen LogP contribution in [0.2, 0.25) is 10.0 Å².